The maximum Gasteiger partial charge on any atom is 0.337 e. The Kier molecular flexibility index (Phi) is 8.59. The Labute approximate surface area is 238 Å². The summed E-state index contributed by atoms with van der Waals surface area (Å²) in [4.78, 5) is 38.5. The van der Waals surface area contributed by atoms with E-state index in [1.165, 1.54) is 6.07 Å². The number of carbonyl (C=O) groups is 3. The van der Waals surface area contributed by atoms with Crippen molar-refractivity contribution in [1.29, 1.82) is 0 Å². The van der Waals surface area contributed by atoms with Gasteiger partial charge in [-0.1, -0.05) is 42.5 Å². The highest BCUT2D eigenvalue weighted by atomic mass is 16.5. The van der Waals surface area contributed by atoms with Crippen LogP contribution in [0.4, 0.5) is 5.69 Å². The summed E-state index contributed by atoms with van der Waals surface area (Å²) in [6, 6.07) is 30.1. The Morgan fingerprint density at radius 1 is 0.805 bits per heavy atom. The molecule has 1 aliphatic heterocycles. The molecule has 2 amide bonds. The van der Waals surface area contributed by atoms with Crippen LogP contribution in [0.2, 0.25) is 0 Å². The first-order valence-electron chi connectivity index (χ1n) is 13.4. The number of hydrogen-bond donors (Lipinski definition) is 2. The van der Waals surface area contributed by atoms with E-state index < -0.39 is 5.97 Å². The minimum absolute atomic E-state index is 0.0258. The fourth-order valence-electron chi connectivity index (χ4n) is 4.73. The Morgan fingerprint density at radius 2 is 1.44 bits per heavy atom. The Balaban J connectivity index is 1.12. The molecule has 1 heterocycles. The molecule has 5 rings (SSSR count). The van der Waals surface area contributed by atoms with Gasteiger partial charge in [-0.3, -0.25) is 9.59 Å². The van der Waals surface area contributed by atoms with Crippen LogP contribution in [-0.2, 0) is 11.2 Å². The molecule has 0 aromatic heterocycles. The van der Waals surface area contributed by atoms with Gasteiger partial charge in [0.1, 0.15) is 23.4 Å². The molecule has 1 fully saturated rings. The third kappa shape index (κ3) is 7.30. The van der Waals surface area contributed by atoms with Crippen molar-refractivity contribution in [3.8, 4) is 17.2 Å². The highest BCUT2D eigenvalue weighted by Gasteiger charge is 2.25. The van der Waals surface area contributed by atoms with Crippen molar-refractivity contribution >= 4 is 23.5 Å². The molecule has 0 saturated carbocycles. The minimum Gasteiger partial charge on any atom is -0.489 e. The lowest BCUT2D eigenvalue weighted by molar-refractivity contribution is -0.115. The van der Waals surface area contributed by atoms with E-state index in [-0.39, 0.29) is 35.6 Å². The van der Waals surface area contributed by atoms with E-state index in [2.05, 4.69) is 5.32 Å². The molecular weight excluding hydrogens is 520 g/mol. The Hall–Kier alpha value is -5.11. The van der Waals surface area contributed by atoms with Crippen LogP contribution in [0.3, 0.4) is 0 Å². The fraction of sp³-hybridized carbons (Fsp3) is 0.182. The van der Waals surface area contributed by atoms with Gasteiger partial charge in [0, 0.05) is 12.1 Å². The Morgan fingerprint density at radius 3 is 2.15 bits per heavy atom. The second-order valence-electron chi connectivity index (χ2n) is 9.79. The van der Waals surface area contributed by atoms with Crippen LogP contribution < -0.4 is 14.8 Å². The standard InChI is InChI=1S/C33H30N2O6/c36-31(34-30-11-5-4-10-29(30)33(38)39)21-23-12-14-25(15-13-23)40-26-16-18-27(19-17-26)41-28-9-6-20-35(22-28)32(37)24-7-2-1-3-8-24/h1-5,7-8,10-19,28H,6,9,20-22H2,(H,34,36)(H,38,39)/t28-/m1/s1. The molecular formula is C33H30N2O6. The number of likely N-dealkylation sites (tertiary alicyclic amines) is 1. The highest BCUT2D eigenvalue weighted by Crippen LogP contribution is 2.26. The second-order valence-corrected chi connectivity index (χ2v) is 9.79. The van der Waals surface area contributed by atoms with E-state index in [0.717, 1.165) is 24.9 Å². The number of piperidine rings is 1. The number of carbonyl (C=O) groups excluding carboxylic acids is 2. The summed E-state index contributed by atoms with van der Waals surface area (Å²) >= 11 is 0. The number of para-hydroxylation sites is 1. The number of ether oxygens (including phenoxy) is 2. The van der Waals surface area contributed by atoms with Crippen LogP contribution in [-0.4, -0.2) is 47.0 Å². The lowest BCUT2D eigenvalue weighted by Crippen LogP contribution is -2.44. The van der Waals surface area contributed by atoms with Crippen molar-refractivity contribution in [2.75, 3.05) is 18.4 Å². The molecule has 4 aromatic carbocycles. The van der Waals surface area contributed by atoms with Crippen molar-refractivity contribution < 1.29 is 29.0 Å². The van der Waals surface area contributed by atoms with Crippen molar-refractivity contribution in [1.82, 2.24) is 4.90 Å². The van der Waals surface area contributed by atoms with Crippen LogP contribution >= 0.6 is 0 Å². The summed E-state index contributed by atoms with van der Waals surface area (Å²) < 4.78 is 12.1. The number of anilines is 1. The molecule has 208 valence electrons. The van der Waals surface area contributed by atoms with Crippen LogP contribution in [0.5, 0.6) is 17.2 Å². The summed E-state index contributed by atoms with van der Waals surface area (Å²) in [7, 11) is 0. The van der Waals surface area contributed by atoms with E-state index in [0.29, 0.717) is 29.4 Å². The maximum absolute atomic E-state index is 12.8. The highest BCUT2D eigenvalue weighted by molar-refractivity contribution is 6.01. The molecule has 0 spiro atoms. The zero-order valence-electron chi connectivity index (χ0n) is 22.4. The van der Waals surface area contributed by atoms with E-state index >= 15 is 0 Å². The number of nitrogens with zero attached hydrogens (tertiary/aromatic N) is 1. The smallest absolute Gasteiger partial charge is 0.337 e. The summed E-state index contributed by atoms with van der Waals surface area (Å²) in [5.74, 6) is 0.575. The van der Waals surface area contributed by atoms with Gasteiger partial charge < -0.3 is 24.8 Å². The summed E-state index contributed by atoms with van der Waals surface area (Å²) in [6.07, 6.45) is 1.78. The number of carboxylic acids is 1. The molecule has 1 aliphatic rings. The summed E-state index contributed by atoms with van der Waals surface area (Å²) in [5, 5.41) is 11.9. The lowest BCUT2D eigenvalue weighted by Gasteiger charge is -2.33. The predicted octanol–water partition coefficient (Wildman–Crippen LogP) is 6.04. The van der Waals surface area contributed by atoms with Gasteiger partial charge in [0.2, 0.25) is 5.91 Å². The molecule has 0 bridgehead atoms. The molecule has 1 atom stereocenters. The third-order valence-corrected chi connectivity index (χ3v) is 6.77. The average molecular weight is 551 g/mol. The van der Waals surface area contributed by atoms with Gasteiger partial charge in [0.25, 0.3) is 5.91 Å². The van der Waals surface area contributed by atoms with Crippen molar-refractivity contribution in [3.05, 3.63) is 120 Å². The van der Waals surface area contributed by atoms with E-state index in [4.69, 9.17) is 9.47 Å². The summed E-state index contributed by atoms with van der Waals surface area (Å²) in [6.45, 7) is 1.27. The van der Waals surface area contributed by atoms with Gasteiger partial charge >= 0.3 is 5.97 Å². The maximum atomic E-state index is 12.8. The first-order valence-corrected chi connectivity index (χ1v) is 13.4. The van der Waals surface area contributed by atoms with Gasteiger partial charge in [-0.15, -0.1) is 0 Å². The monoisotopic (exact) mass is 550 g/mol. The largest absolute Gasteiger partial charge is 0.489 e. The molecule has 0 radical (unpaired) electrons. The molecule has 0 unspecified atom stereocenters. The van der Waals surface area contributed by atoms with Gasteiger partial charge in [-0.05, 0) is 79.1 Å². The SMILES string of the molecule is O=C(Cc1ccc(Oc2ccc(O[C@@H]3CCCN(C(=O)c4ccccc4)C3)cc2)cc1)Nc1ccccc1C(=O)O. The van der Waals surface area contributed by atoms with Crippen molar-refractivity contribution in [3.63, 3.8) is 0 Å². The van der Waals surface area contributed by atoms with Gasteiger partial charge in [0.15, 0.2) is 0 Å². The van der Waals surface area contributed by atoms with Crippen LogP contribution in [0.25, 0.3) is 0 Å². The number of rotatable bonds is 9. The molecule has 8 heteroatoms. The van der Waals surface area contributed by atoms with Crippen molar-refractivity contribution in [2.45, 2.75) is 25.4 Å². The first-order chi connectivity index (χ1) is 19.9. The molecule has 0 aliphatic carbocycles. The second kappa shape index (κ2) is 12.8. The third-order valence-electron chi connectivity index (χ3n) is 6.77. The van der Waals surface area contributed by atoms with Gasteiger partial charge in [0.05, 0.1) is 24.2 Å². The van der Waals surface area contributed by atoms with Crippen LogP contribution in [0, 0.1) is 0 Å². The Bertz CT molecular complexity index is 1500. The molecule has 4 aromatic rings. The van der Waals surface area contributed by atoms with E-state index in [1.807, 2.05) is 59.5 Å². The predicted molar refractivity (Wildman–Crippen MR) is 155 cm³/mol. The topological polar surface area (TPSA) is 105 Å². The quantitative estimate of drug-likeness (QED) is 0.263. The number of amides is 2. The fourth-order valence-corrected chi connectivity index (χ4v) is 4.73. The average Bonchev–Trinajstić information content (AvgIpc) is 2.99. The number of hydrogen-bond acceptors (Lipinski definition) is 5. The number of carboxylic acid groups (broad SMARTS) is 1. The zero-order valence-corrected chi connectivity index (χ0v) is 22.4. The number of aromatic carboxylic acids is 1. The number of benzene rings is 4. The van der Waals surface area contributed by atoms with Gasteiger partial charge in [-0.2, -0.15) is 0 Å². The first kappa shape index (κ1) is 27.5. The lowest BCUT2D eigenvalue weighted by atomic mass is 10.1. The van der Waals surface area contributed by atoms with Crippen LogP contribution in [0.1, 0.15) is 39.1 Å². The minimum atomic E-state index is -1.10. The summed E-state index contributed by atoms with van der Waals surface area (Å²) in [5.41, 5.74) is 1.75. The number of nitrogens with one attached hydrogen (secondary N) is 1. The van der Waals surface area contributed by atoms with Crippen molar-refractivity contribution in [2.24, 2.45) is 0 Å². The molecule has 41 heavy (non-hydrogen) atoms. The zero-order chi connectivity index (χ0) is 28.6. The van der Waals surface area contributed by atoms with Gasteiger partial charge in [-0.25, -0.2) is 4.79 Å². The van der Waals surface area contributed by atoms with Crippen LogP contribution in [0.15, 0.2) is 103 Å². The van der Waals surface area contributed by atoms with E-state index in [9.17, 15) is 19.5 Å². The normalized spacial score (nSPS) is 14.6. The molecule has 2 N–H and O–H groups in total. The molecule has 8 nitrogen and oxygen atoms in total. The van der Waals surface area contributed by atoms with E-state index in [1.54, 1.807) is 42.5 Å². The molecule has 1 saturated heterocycles.